The molecule has 0 saturated heterocycles. The lowest BCUT2D eigenvalue weighted by Gasteiger charge is -2.17. The minimum Gasteiger partial charge on any atom is -0.497 e. The van der Waals surface area contributed by atoms with E-state index in [9.17, 15) is 4.79 Å². The molecule has 3 aromatic rings. The van der Waals surface area contributed by atoms with E-state index < -0.39 is 0 Å². The quantitative estimate of drug-likeness (QED) is 0.559. The maximum atomic E-state index is 12.6. The molecule has 2 aromatic carbocycles. The zero-order valence-corrected chi connectivity index (χ0v) is 17.8. The number of carbonyl (C=O) groups excluding carboxylic acids is 1. The zero-order valence-electron chi connectivity index (χ0n) is 17.0. The lowest BCUT2D eigenvalue weighted by atomic mass is 10.2. The Hall–Kier alpha value is -3.06. The van der Waals surface area contributed by atoms with Crippen LogP contribution in [0.5, 0.6) is 17.2 Å². The number of hydrogen-bond donors (Lipinski definition) is 0. The molecule has 152 valence electrons. The third-order valence-corrected chi connectivity index (χ3v) is 5.43. The fourth-order valence-corrected chi connectivity index (χ4v) is 3.73. The molecule has 0 atom stereocenters. The van der Waals surface area contributed by atoms with Crippen LogP contribution in [0.3, 0.4) is 0 Å². The molecule has 0 aliphatic heterocycles. The number of hydrogen-bond acceptors (Lipinski definition) is 6. The van der Waals surface area contributed by atoms with Gasteiger partial charge in [0, 0.05) is 24.5 Å². The summed E-state index contributed by atoms with van der Waals surface area (Å²) >= 11 is 1.50. The predicted octanol–water partition coefficient (Wildman–Crippen LogP) is 4.04. The Labute approximate surface area is 174 Å². The number of aromatic nitrogens is 1. The van der Waals surface area contributed by atoms with Crippen molar-refractivity contribution in [1.82, 2.24) is 9.88 Å². The number of thiazole rings is 1. The molecule has 0 bridgehead atoms. The molecule has 0 N–H and O–H groups in total. The van der Waals surface area contributed by atoms with Crippen molar-refractivity contribution >= 4 is 17.2 Å². The van der Waals surface area contributed by atoms with Crippen molar-refractivity contribution in [3.05, 3.63) is 59.1 Å². The van der Waals surface area contributed by atoms with Gasteiger partial charge >= 0.3 is 0 Å². The number of nitrogens with zero attached hydrogens (tertiary/aromatic N) is 2. The van der Waals surface area contributed by atoms with Gasteiger partial charge in [0.1, 0.15) is 10.8 Å². The molecule has 6 nitrogen and oxygen atoms in total. The number of benzene rings is 2. The molecular weight excluding hydrogens is 388 g/mol. The van der Waals surface area contributed by atoms with Gasteiger partial charge in [0.05, 0.1) is 33.4 Å². The minimum absolute atomic E-state index is 0.0111. The van der Waals surface area contributed by atoms with Crippen LogP contribution in [-0.2, 0) is 17.8 Å². The maximum absolute atomic E-state index is 12.6. The van der Waals surface area contributed by atoms with E-state index in [0.717, 1.165) is 27.6 Å². The average molecular weight is 413 g/mol. The Bertz CT molecular complexity index is 986. The molecule has 0 aliphatic carbocycles. The van der Waals surface area contributed by atoms with E-state index in [0.29, 0.717) is 18.0 Å². The molecule has 29 heavy (non-hydrogen) atoms. The average Bonchev–Trinajstić information content (AvgIpc) is 3.21. The van der Waals surface area contributed by atoms with Crippen LogP contribution in [0.2, 0.25) is 0 Å². The lowest BCUT2D eigenvalue weighted by molar-refractivity contribution is -0.129. The summed E-state index contributed by atoms with van der Waals surface area (Å²) in [7, 11) is 6.63. The highest BCUT2D eigenvalue weighted by molar-refractivity contribution is 7.13. The Morgan fingerprint density at radius 3 is 2.55 bits per heavy atom. The highest BCUT2D eigenvalue weighted by Gasteiger charge is 2.15. The third-order valence-electron chi connectivity index (χ3n) is 4.49. The molecule has 3 rings (SSSR count). The lowest BCUT2D eigenvalue weighted by Crippen LogP contribution is -2.27. The number of rotatable bonds is 8. The molecule has 0 spiro atoms. The zero-order chi connectivity index (χ0) is 20.8. The summed E-state index contributed by atoms with van der Waals surface area (Å²) < 4.78 is 15.9. The highest BCUT2D eigenvalue weighted by atomic mass is 32.1. The summed E-state index contributed by atoms with van der Waals surface area (Å²) in [6, 6.07) is 13.4. The van der Waals surface area contributed by atoms with Crippen LogP contribution in [-0.4, -0.2) is 44.2 Å². The fourth-order valence-electron chi connectivity index (χ4n) is 2.91. The second-order valence-corrected chi connectivity index (χ2v) is 7.35. The van der Waals surface area contributed by atoms with Crippen LogP contribution in [0.15, 0.2) is 47.8 Å². The van der Waals surface area contributed by atoms with Crippen LogP contribution in [0.25, 0.3) is 10.6 Å². The van der Waals surface area contributed by atoms with Crippen LogP contribution >= 0.6 is 11.3 Å². The second-order valence-electron chi connectivity index (χ2n) is 6.49. The van der Waals surface area contributed by atoms with E-state index in [1.54, 1.807) is 33.3 Å². The van der Waals surface area contributed by atoms with Crippen LogP contribution in [0.4, 0.5) is 0 Å². The van der Waals surface area contributed by atoms with Crippen LogP contribution in [0.1, 0.15) is 11.3 Å². The molecule has 7 heteroatoms. The maximum Gasteiger partial charge on any atom is 0.228 e. The predicted molar refractivity (Wildman–Crippen MR) is 114 cm³/mol. The largest absolute Gasteiger partial charge is 0.497 e. The van der Waals surface area contributed by atoms with Crippen LogP contribution in [0, 0.1) is 0 Å². The number of amides is 1. The Morgan fingerprint density at radius 1 is 1.03 bits per heavy atom. The van der Waals surface area contributed by atoms with Crippen molar-refractivity contribution in [3.8, 4) is 27.8 Å². The van der Waals surface area contributed by atoms with Crippen molar-refractivity contribution < 1.29 is 19.0 Å². The standard InChI is InChI=1S/C22H24N2O4S/c1-24(13-15-6-5-7-18(10-15)26-2)21(25)12-17-14-29-22(23-17)16-8-9-19(27-3)20(11-16)28-4/h5-11,14H,12-13H2,1-4H3. The molecule has 1 aromatic heterocycles. The van der Waals surface area contributed by atoms with Crippen molar-refractivity contribution in [2.24, 2.45) is 0 Å². The van der Waals surface area contributed by atoms with Crippen molar-refractivity contribution in [1.29, 1.82) is 0 Å². The number of likely N-dealkylation sites (N-methyl/N-ethyl adjacent to an activating group) is 1. The summed E-state index contributed by atoms with van der Waals surface area (Å²) in [6.45, 7) is 0.517. The Balaban J connectivity index is 1.67. The van der Waals surface area contributed by atoms with E-state index in [-0.39, 0.29) is 12.3 Å². The van der Waals surface area contributed by atoms with Crippen LogP contribution < -0.4 is 14.2 Å². The summed E-state index contributed by atoms with van der Waals surface area (Å²) in [5.41, 5.74) is 2.70. The summed E-state index contributed by atoms with van der Waals surface area (Å²) in [6.07, 6.45) is 0.254. The Morgan fingerprint density at radius 2 is 1.83 bits per heavy atom. The normalized spacial score (nSPS) is 10.5. The van der Waals surface area contributed by atoms with Crippen molar-refractivity contribution in [3.63, 3.8) is 0 Å². The Kier molecular flexibility index (Phi) is 6.72. The minimum atomic E-state index is 0.0111. The molecule has 0 fully saturated rings. The third kappa shape index (κ3) is 5.06. The highest BCUT2D eigenvalue weighted by Crippen LogP contribution is 2.33. The van der Waals surface area contributed by atoms with Gasteiger partial charge in [-0.25, -0.2) is 4.98 Å². The molecule has 0 saturated carbocycles. The molecule has 1 heterocycles. The van der Waals surface area contributed by atoms with E-state index >= 15 is 0 Å². The van der Waals surface area contributed by atoms with Crippen molar-refractivity contribution in [2.75, 3.05) is 28.4 Å². The molecule has 1 amide bonds. The topological polar surface area (TPSA) is 60.9 Å². The smallest absolute Gasteiger partial charge is 0.228 e. The van der Waals surface area contributed by atoms with E-state index in [2.05, 4.69) is 4.98 Å². The molecule has 0 unspecified atom stereocenters. The number of carbonyl (C=O) groups is 1. The summed E-state index contributed by atoms with van der Waals surface area (Å²) in [5.74, 6) is 2.11. The number of methoxy groups -OCH3 is 3. The van der Waals surface area contributed by atoms with Gasteiger partial charge in [-0.05, 0) is 35.9 Å². The first-order chi connectivity index (χ1) is 14.0. The van der Waals surface area contributed by atoms with Gasteiger partial charge in [0.2, 0.25) is 5.91 Å². The number of ether oxygens (including phenoxy) is 3. The fraction of sp³-hybridized carbons (Fsp3) is 0.273. The van der Waals surface area contributed by atoms with Gasteiger partial charge < -0.3 is 19.1 Å². The van der Waals surface area contributed by atoms with Gasteiger partial charge in [0.25, 0.3) is 0 Å². The summed E-state index contributed by atoms with van der Waals surface area (Å²) in [4.78, 5) is 18.9. The first-order valence-electron chi connectivity index (χ1n) is 9.07. The van der Waals surface area contributed by atoms with Gasteiger partial charge in [-0.2, -0.15) is 0 Å². The second kappa shape index (κ2) is 9.43. The van der Waals surface area contributed by atoms with Gasteiger partial charge in [-0.3, -0.25) is 4.79 Å². The summed E-state index contributed by atoms with van der Waals surface area (Å²) in [5, 5.41) is 2.76. The first kappa shape index (κ1) is 20.7. The van der Waals surface area contributed by atoms with E-state index in [1.807, 2.05) is 47.8 Å². The van der Waals surface area contributed by atoms with Gasteiger partial charge in [-0.1, -0.05) is 12.1 Å². The van der Waals surface area contributed by atoms with E-state index in [4.69, 9.17) is 14.2 Å². The van der Waals surface area contributed by atoms with Gasteiger partial charge in [-0.15, -0.1) is 11.3 Å². The molecule has 0 aliphatic rings. The SMILES string of the molecule is COc1cccc(CN(C)C(=O)Cc2csc(-c3ccc(OC)c(OC)c3)n2)c1. The van der Waals surface area contributed by atoms with Crippen molar-refractivity contribution in [2.45, 2.75) is 13.0 Å². The molecule has 0 radical (unpaired) electrons. The first-order valence-corrected chi connectivity index (χ1v) is 9.95. The van der Waals surface area contributed by atoms with E-state index in [1.165, 1.54) is 11.3 Å². The molecular formula is C22H24N2O4S. The monoisotopic (exact) mass is 412 g/mol. The van der Waals surface area contributed by atoms with Gasteiger partial charge in [0.15, 0.2) is 11.5 Å².